The van der Waals surface area contributed by atoms with Gasteiger partial charge in [-0.3, -0.25) is 0 Å². The summed E-state index contributed by atoms with van der Waals surface area (Å²) in [5, 5.41) is 0. The minimum atomic E-state index is -3.03. The fraction of sp³-hybridized carbons (Fsp3) is 1.00. The van der Waals surface area contributed by atoms with Crippen LogP contribution in [-0.2, 0) is 10.0 Å². The van der Waals surface area contributed by atoms with Gasteiger partial charge in [0.2, 0.25) is 10.0 Å². The molecule has 2 unspecified atom stereocenters. The molecule has 0 aliphatic carbocycles. The van der Waals surface area contributed by atoms with Crippen LogP contribution in [0.3, 0.4) is 0 Å². The summed E-state index contributed by atoms with van der Waals surface area (Å²) in [7, 11) is -3.03. The molecule has 0 radical (unpaired) electrons. The van der Waals surface area contributed by atoms with Crippen LogP contribution in [0, 0.1) is 0 Å². The normalized spacial score (nSPS) is 32.6. The minimum Gasteiger partial charge on any atom is -0.326 e. The summed E-state index contributed by atoms with van der Waals surface area (Å²) >= 11 is 0. The van der Waals surface area contributed by atoms with Crippen LogP contribution in [0.4, 0.5) is 0 Å². The Morgan fingerprint density at radius 3 is 2.50 bits per heavy atom. The van der Waals surface area contributed by atoms with Crippen LogP contribution in [0.25, 0.3) is 0 Å². The maximum Gasteiger partial charge on any atom is 0.214 e. The van der Waals surface area contributed by atoms with E-state index in [1.54, 1.807) is 6.92 Å². The molecule has 1 aliphatic heterocycles. The topological polar surface area (TPSA) is 63.4 Å². The average Bonchev–Trinajstić information content (AvgIpc) is 2.33. The van der Waals surface area contributed by atoms with Crippen molar-refractivity contribution in [3.63, 3.8) is 0 Å². The van der Waals surface area contributed by atoms with Gasteiger partial charge in [-0.2, -0.15) is 4.31 Å². The fourth-order valence-electron chi connectivity index (χ4n) is 1.49. The second-order valence-electron chi connectivity index (χ2n) is 3.20. The van der Waals surface area contributed by atoms with Crippen molar-refractivity contribution in [3.8, 4) is 0 Å². The molecule has 12 heavy (non-hydrogen) atoms. The third kappa shape index (κ3) is 1.62. The second kappa shape index (κ2) is 3.32. The van der Waals surface area contributed by atoms with E-state index in [0.717, 1.165) is 6.42 Å². The lowest BCUT2D eigenvalue weighted by molar-refractivity contribution is 0.394. The van der Waals surface area contributed by atoms with E-state index in [4.69, 9.17) is 5.73 Å². The summed E-state index contributed by atoms with van der Waals surface area (Å²) in [6, 6.07) is -0.0266. The van der Waals surface area contributed by atoms with E-state index in [0.29, 0.717) is 6.54 Å². The van der Waals surface area contributed by atoms with Gasteiger partial charge in [0.05, 0.1) is 5.75 Å². The molecule has 0 saturated carbocycles. The standard InChI is InChI=1S/C7H16N2O2S/c1-3-12(10,11)9-5-4-7(8)6(9)2/h6-7H,3-5,8H2,1-2H3. The highest BCUT2D eigenvalue weighted by atomic mass is 32.2. The molecule has 5 heteroatoms. The number of sulfonamides is 1. The zero-order valence-corrected chi connectivity index (χ0v) is 8.34. The Kier molecular flexibility index (Phi) is 2.75. The zero-order valence-electron chi connectivity index (χ0n) is 7.53. The van der Waals surface area contributed by atoms with Crippen LogP contribution in [0.15, 0.2) is 0 Å². The van der Waals surface area contributed by atoms with Crippen LogP contribution >= 0.6 is 0 Å². The molecule has 2 N–H and O–H groups in total. The fourth-order valence-corrected chi connectivity index (χ4v) is 2.87. The Morgan fingerprint density at radius 1 is 1.58 bits per heavy atom. The van der Waals surface area contributed by atoms with Gasteiger partial charge in [-0.25, -0.2) is 8.42 Å². The monoisotopic (exact) mass is 192 g/mol. The van der Waals surface area contributed by atoms with Crippen molar-refractivity contribution in [2.24, 2.45) is 5.73 Å². The van der Waals surface area contributed by atoms with Crippen molar-refractivity contribution < 1.29 is 8.42 Å². The van der Waals surface area contributed by atoms with Gasteiger partial charge < -0.3 is 5.73 Å². The molecule has 0 aromatic carbocycles. The summed E-state index contributed by atoms with van der Waals surface area (Å²) in [6.45, 7) is 4.11. The summed E-state index contributed by atoms with van der Waals surface area (Å²) in [6.07, 6.45) is 0.778. The third-order valence-corrected chi connectivity index (χ3v) is 4.44. The number of hydrogen-bond donors (Lipinski definition) is 1. The molecule has 1 rings (SSSR count). The molecule has 0 aromatic rings. The van der Waals surface area contributed by atoms with Gasteiger partial charge in [0.15, 0.2) is 0 Å². The highest BCUT2D eigenvalue weighted by molar-refractivity contribution is 7.89. The Bertz CT molecular complexity index is 250. The van der Waals surface area contributed by atoms with Crippen LogP contribution in [-0.4, -0.2) is 37.1 Å². The number of nitrogens with zero attached hydrogens (tertiary/aromatic N) is 1. The molecule has 0 amide bonds. The Balaban J connectivity index is 2.79. The van der Waals surface area contributed by atoms with E-state index >= 15 is 0 Å². The quantitative estimate of drug-likeness (QED) is 0.656. The maximum absolute atomic E-state index is 11.4. The van der Waals surface area contributed by atoms with Crippen molar-refractivity contribution in [1.82, 2.24) is 4.31 Å². The number of rotatable bonds is 2. The molecule has 72 valence electrons. The predicted molar refractivity (Wildman–Crippen MR) is 48.2 cm³/mol. The van der Waals surface area contributed by atoms with E-state index in [1.165, 1.54) is 4.31 Å². The lowest BCUT2D eigenvalue weighted by Crippen LogP contribution is -2.40. The average molecular weight is 192 g/mol. The predicted octanol–water partition coefficient (Wildman–Crippen LogP) is -0.242. The highest BCUT2D eigenvalue weighted by Crippen LogP contribution is 2.19. The first-order valence-corrected chi connectivity index (χ1v) is 5.85. The van der Waals surface area contributed by atoms with Crippen molar-refractivity contribution >= 4 is 10.0 Å². The van der Waals surface area contributed by atoms with Crippen molar-refractivity contribution in [3.05, 3.63) is 0 Å². The molecular formula is C7H16N2O2S. The molecule has 1 heterocycles. The molecule has 4 nitrogen and oxygen atoms in total. The summed E-state index contributed by atoms with van der Waals surface area (Å²) in [5.41, 5.74) is 5.71. The van der Waals surface area contributed by atoms with E-state index in [-0.39, 0.29) is 17.8 Å². The molecule has 2 atom stereocenters. The summed E-state index contributed by atoms with van der Waals surface area (Å²) < 4.78 is 24.4. The van der Waals surface area contributed by atoms with E-state index in [1.807, 2.05) is 6.92 Å². The largest absolute Gasteiger partial charge is 0.326 e. The molecule has 1 saturated heterocycles. The Hall–Kier alpha value is -0.130. The van der Waals surface area contributed by atoms with Gasteiger partial charge in [0.1, 0.15) is 0 Å². The third-order valence-electron chi connectivity index (χ3n) is 2.48. The highest BCUT2D eigenvalue weighted by Gasteiger charge is 2.34. The number of nitrogens with two attached hydrogens (primary N) is 1. The van der Waals surface area contributed by atoms with Gasteiger partial charge in [-0.15, -0.1) is 0 Å². The second-order valence-corrected chi connectivity index (χ2v) is 5.41. The molecule has 0 spiro atoms. The van der Waals surface area contributed by atoms with E-state index in [9.17, 15) is 8.42 Å². The van der Waals surface area contributed by atoms with Crippen molar-refractivity contribution in [2.75, 3.05) is 12.3 Å². The lowest BCUT2D eigenvalue weighted by atomic mass is 10.2. The zero-order chi connectivity index (χ0) is 9.35. The minimum absolute atomic E-state index is 0.00586. The van der Waals surface area contributed by atoms with Crippen LogP contribution in [0.5, 0.6) is 0 Å². The summed E-state index contributed by atoms with van der Waals surface area (Å²) in [5.74, 6) is 0.171. The Morgan fingerprint density at radius 2 is 2.17 bits per heavy atom. The van der Waals surface area contributed by atoms with Crippen LogP contribution in [0.2, 0.25) is 0 Å². The van der Waals surface area contributed by atoms with Gasteiger partial charge in [-0.05, 0) is 20.3 Å². The van der Waals surface area contributed by atoms with Crippen LogP contribution < -0.4 is 5.73 Å². The van der Waals surface area contributed by atoms with Gasteiger partial charge >= 0.3 is 0 Å². The van der Waals surface area contributed by atoms with Gasteiger partial charge in [0.25, 0.3) is 0 Å². The SMILES string of the molecule is CCS(=O)(=O)N1CCC(N)C1C. The molecular weight excluding hydrogens is 176 g/mol. The first-order chi connectivity index (χ1) is 5.49. The molecule has 0 aromatic heterocycles. The van der Waals surface area contributed by atoms with E-state index < -0.39 is 10.0 Å². The summed E-state index contributed by atoms with van der Waals surface area (Å²) in [4.78, 5) is 0. The van der Waals surface area contributed by atoms with Gasteiger partial charge in [-0.1, -0.05) is 0 Å². The van der Waals surface area contributed by atoms with Gasteiger partial charge in [0, 0.05) is 18.6 Å². The lowest BCUT2D eigenvalue weighted by Gasteiger charge is -2.21. The van der Waals surface area contributed by atoms with Crippen molar-refractivity contribution in [2.45, 2.75) is 32.4 Å². The first kappa shape index (κ1) is 9.95. The molecule has 0 bridgehead atoms. The Labute approximate surface area is 73.8 Å². The smallest absolute Gasteiger partial charge is 0.214 e. The number of hydrogen-bond acceptors (Lipinski definition) is 3. The maximum atomic E-state index is 11.4. The van der Waals surface area contributed by atoms with Crippen molar-refractivity contribution in [1.29, 1.82) is 0 Å². The molecule has 1 aliphatic rings. The molecule has 1 fully saturated rings. The van der Waals surface area contributed by atoms with E-state index in [2.05, 4.69) is 0 Å². The first-order valence-electron chi connectivity index (χ1n) is 4.24. The van der Waals surface area contributed by atoms with Crippen LogP contribution in [0.1, 0.15) is 20.3 Å².